The molecule has 1 unspecified atom stereocenters. The Morgan fingerprint density at radius 1 is 1.24 bits per heavy atom. The van der Waals surface area contributed by atoms with Crippen LogP contribution in [0.1, 0.15) is 17.3 Å². The van der Waals surface area contributed by atoms with Crippen LogP contribution >= 0.6 is 0 Å². The molecule has 1 atom stereocenters. The molecule has 1 aromatic carbocycles. The zero-order valence-corrected chi connectivity index (χ0v) is 10.9. The lowest BCUT2D eigenvalue weighted by Crippen LogP contribution is -2.56. The van der Waals surface area contributed by atoms with Crippen molar-refractivity contribution in [3.63, 3.8) is 0 Å². The maximum Gasteiger partial charge on any atom is 0.420 e. The van der Waals surface area contributed by atoms with E-state index in [4.69, 9.17) is 0 Å². The zero-order chi connectivity index (χ0) is 15.8. The number of halogens is 3. The number of imide groups is 1. The van der Waals surface area contributed by atoms with Crippen molar-refractivity contribution in [2.24, 2.45) is 0 Å². The van der Waals surface area contributed by atoms with E-state index < -0.39 is 36.0 Å². The number of nitrogens with zero attached hydrogens (tertiary/aromatic N) is 1. The van der Waals surface area contributed by atoms with Gasteiger partial charge in [0.2, 0.25) is 5.54 Å². The second kappa shape index (κ2) is 4.87. The lowest BCUT2D eigenvalue weighted by atomic mass is 10.0. The van der Waals surface area contributed by atoms with Crippen LogP contribution in [0.25, 0.3) is 0 Å². The molecular formula is C13H11F3N2O3. The van der Waals surface area contributed by atoms with Crippen molar-refractivity contribution in [1.29, 1.82) is 0 Å². The molecule has 8 heteroatoms. The Hall–Kier alpha value is -2.38. The molecule has 1 saturated heterocycles. The largest absolute Gasteiger partial charge is 0.420 e. The standard InChI is InChI=1S/C13H11F3N2O3/c1-12(13(14,15)16)10(20)18(11(21)17-12)7-9(19)8-5-3-2-4-6-8/h2-6H,7H2,1H3,(H,17,21). The van der Waals surface area contributed by atoms with Gasteiger partial charge in [0.25, 0.3) is 5.91 Å². The van der Waals surface area contributed by atoms with Gasteiger partial charge < -0.3 is 5.32 Å². The van der Waals surface area contributed by atoms with Gasteiger partial charge in [-0.05, 0) is 6.92 Å². The molecule has 21 heavy (non-hydrogen) atoms. The Labute approximate surface area is 117 Å². The highest BCUT2D eigenvalue weighted by Gasteiger charge is 2.64. The zero-order valence-electron chi connectivity index (χ0n) is 10.9. The van der Waals surface area contributed by atoms with E-state index in [9.17, 15) is 27.6 Å². The van der Waals surface area contributed by atoms with E-state index in [1.165, 1.54) is 12.1 Å². The van der Waals surface area contributed by atoms with Crippen molar-refractivity contribution in [3.05, 3.63) is 35.9 Å². The fraction of sp³-hybridized carbons (Fsp3) is 0.308. The maximum absolute atomic E-state index is 12.9. The number of urea groups is 1. The van der Waals surface area contributed by atoms with Gasteiger partial charge in [0.05, 0.1) is 6.54 Å². The SMILES string of the molecule is CC1(C(F)(F)F)NC(=O)N(CC(=O)c2ccccc2)C1=O. The first-order chi connectivity index (χ1) is 9.67. The number of hydrogen-bond donors (Lipinski definition) is 1. The summed E-state index contributed by atoms with van der Waals surface area (Å²) in [5, 5.41) is 1.59. The van der Waals surface area contributed by atoms with Gasteiger partial charge in [0.1, 0.15) is 0 Å². The summed E-state index contributed by atoms with van der Waals surface area (Å²) >= 11 is 0. The number of carbonyl (C=O) groups excluding carboxylic acids is 3. The Morgan fingerprint density at radius 3 is 2.29 bits per heavy atom. The molecule has 3 amide bonds. The second-order valence-corrected chi connectivity index (χ2v) is 4.73. The molecule has 1 fully saturated rings. The summed E-state index contributed by atoms with van der Waals surface area (Å²) in [5.41, 5.74) is -2.79. The quantitative estimate of drug-likeness (QED) is 0.683. The third-order valence-corrected chi connectivity index (χ3v) is 3.24. The van der Waals surface area contributed by atoms with Crippen LogP contribution in [0, 0.1) is 0 Å². The molecule has 0 spiro atoms. The Balaban J connectivity index is 2.21. The number of hydrogen-bond acceptors (Lipinski definition) is 3. The van der Waals surface area contributed by atoms with Crippen molar-refractivity contribution in [2.75, 3.05) is 6.54 Å². The first kappa shape index (κ1) is 15.0. The van der Waals surface area contributed by atoms with Crippen LogP contribution in [-0.4, -0.2) is 40.9 Å². The number of alkyl halides is 3. The lowest BCUT2D eigenvalue weighted by molar-refractivity contribution is -0.190. The van der Waals surface area contributed by atoms with Gasteiger partial charge in [-0.25, -0.2) is 4.79 Å². The summed E-state index contributed by atoms with van der Waals surface area (Å²) in [5.74, 6) is -2.10. The molecule has 1 aromatic rings. The van der Waals surface area contributed by atoms with Crippen molar-refractivity contribution < 1.29 is 27.6 Å². The Bertz CT molecular complexity index is 600. The molecule has 0 aromatic heterocycles. The number of rotatable bonds is 3. The van der Waals surface area contributed by atoms with Crippen LogP contribution in [0.15, 0.2) is 30.3 Å². The lowest BCUT2D eigenvalue weighted by Gasteiger charge is -2.24. The number of benzene rings is 1. The smallest absolute Gasteiger partial charge is 0.316 e. The summed E-state index contributed by atoms with van der Waals surface area (Å²) in [6.45, 7) is -0.166. The third kappa shape index (κ3) is 2.48. The highest BCUT2D eigenvalue weighted by molar-refractivity contribution is 6.11. The number of Topliss-reactive ketones (excluding diaryl/α,β-unsaturated/α-hetero) is 1. The molecule has 1 aliphatic heterocycles. The van der Waals surface area contributed by atoms with Crippen LogP contribution in [-0.2, 0) is 4.79 Å². The third-order valence-electron chi connectivity index (χ3n) is 3.24. The number of carbonyl (C=O) groups is 3. The predicted octanol–water partition coefficient (Wildman–Crippen LogP) is 1.74. The fourth-order valence-electron chi connectivity index (χ4n) is 1.89. The molecule has 112 valence electrons. The van der Waals surface area contributed by atoms with E-state index >= 15 is 0 Å². The van der Waals surface area contributed by atoms with E-state index in [1.807, 2.05) is 0 Å². The molecule has 1 aliphatic rings. The molecule has 0 aliphatic carbocycles. The molecule has 2 rings (SSSR count). The minimum absolute atomic E-state index is 0.207. The average Bonchev–Trinajstić information content (AvgIpc) is 2.64. The van der Waals surface area contributed by atoms with E-state index in [2.05, 4.69) is 0 Å². The maximum atomic E-state index is 12.9. The second-order valence-electron chi connectivity index (χ2n) is 4.73. The van der Waals surface area contributed by atoms with Gasteiger partial charge in [0, 0.05) is 5.56 Å². The predicted molar refractivity (Wildman–Crippen MR) is 65.5 cm³/mol. The molecule has 1 heterocycles. The van der Waals surface area contributed by atoms with E-state index in [1.54, 1.807) is 23.5 Å². The number of amides is 3. The van der Waals surface area contributed by atoms with E-state index in [0.717, 1.165) is 0 Å². The first-order valence-corrected chi connectivity index (χ1v) is 5.96. The topological polar surface area (TPSA) is 66.5 Å². The van der Waals surface area contributed by atoms with Crippen molar-refractivity contribution in [3.8, 4) is 0 Å². The summed E-state index contributed by atoms with van der Waals surface area (Å²) in [7, 11) is 0. The van der Waals surface area contributed by atoms with E-state index in [0.29, 0.717) is 6.92 Å². The Morgan fingerprint density at radius 2 is 1.81 bits per heavy atom. The first-order valence-electron chi connectivity index (χ1n) is 5.96. The van der Waals surface area contributed by atoms with Gasteiger partial charge >= 0.3 is 12.2 Å². The highest BCUT2D eigenvalue weighted by Crippen LogP contribution is 2.35. The fourth-order valence-corrected chi connectivity index (χ4v) is 1.89. The van der Waals surface area contributed by atoms with Gasteiger partial charge in [-0.1, -0.05) is 30.3 Å². The summed E-state index contributed by atoms with van der Waals surface area (Å²) < 4.78 is 38.6. The van der Waals surface area contributed by atoms with Crippen LogP contribution in [0.3, 0.4) is 0 Å². The molecular weight excluding hydrogens is 289 g/mol. The minimum Gasteiger partial charge on any atom is -0.316 e. The van der Waals surface area contributed by atoms with E-state index in [-0.39, 0.29) is 10.5 Å². The van der Waals surface area contributed by atoms with Gasteiger partial charge in [0.15, 0.2) is 5.78 Å². The Kier molecular flexibility index (Phi) is 3.48. The van der Waals surface area contributed by atoms with Crippen molar-refractivity contribution in [1.82, 2.24) is 10.2 Å². The minimum atomic E-state index is -4.94. The molecule has 1 N–H and O–H groups in total. The van der Waals surface area contributed by atoms with Gasteiger partial charge in [-0.15, -0.1) is 0 Å². The summed E-state index contributed by atoms with van der Waals surface area (Å²) in [4.78, 5) is 35.6. The summed E-state index contributed by atoms with van der Waals surface area (Å²) in [6.07, 6.45) is -4.94. The van der Waals surface area contributed by atoms with Crippen LogP contribution in [0.4, 0.5) is 18.0 Å². The molecule has 5 nitrogen and oxygen atoms in total. The average molecular weight is 300 g/mol. The highest BCUT2D eigenvalue weighted by atomic mass is 19.4. The van der Waals surface area contributed by atoms with Crippen LogP contribution in [0.2, 0.25) is 0 Å². The normalized spacial score (nSPS) is 22.4. The van der Waals surface area contributed by atoms with Gasteiger partial charge in [-0.3, -0.25) is 14.5 Å². The molecule has 0 radical (unpaired) electrons. The number of nitrogens with one attached hydrogen (secondary N) is 1. The van der Waals surface area contributed by atoms with Gasteiger partial charge in [-0.2, -0.15) is 13.2 Å². The number of ketones is 1. The van der Waals surface area contributed by atoms with Crippen LogP contribution in [0.5, 0.6) is 0 Å². The van der Waals surface area contributed by atoms with Crippen LogP contribution < -0.4 is 5.32 Å². The monoisotopic (exact) mass is 300 g/mol. The molecule has 0 bridgehead atoms. The molecule has 0 saturated carbocycles. The van der Waals surface area contributed by atoms with Crippen molar-refractivity contribution in [2.45, 2.75) is 18.6 Å². The van der Waals surface area contributed by atoms with Crippen molar-refractivity contribution >= 4 is 17.7 Å². The summed E-state index contributed by atoms with van der Waals surface area (Å²) in [6, 6.07) is 6.46.